The van der Waals surface area contributed by atoms with E-state index in [0.717, 1.165) is 11.1 Å². The smallest absolute Gasteiger partial charge is 0.338 e. The largest absolute Gasteiger partial charge is 0.497 e. The Labute approximate surface area is 259 Å². The fourth-order valence-corrected chi connectivity index (χ4v) is 4.67. The van der Waals surface area contributed by atoms with Crippen molar-refractivity contribution < 1.29 is 28.7 Å². The number of aromatic nitrogens is 2. The molecule has 5 aromatic rings. The number of anilines is 1. The Morgan fingerprint density at radius 3 is 1.93 bits per heavy atom. The van der Waals surface area contributed by atoms with Gasteiger partial charge in [0, 0.05) is 23.3 Å². The van der Waals surface area contributed by atoms with Crippen LogP contribution < -0.4 is 14.8 Å². The summed E-state index contributed by atoms with van der Waals surface area (Å²) in [7, 11) is 3.19. The van der Waals surface area contributed by atoms with Crippen LogP contribution >= 0.6 is 0 Å². The Morgan fingerprint density at radius 2 is 1.40 bits per heavy atom. The number of nitrogens with zero attached hydrogens (tertiary/aromatic N) is 3. The van der Waals surface area contributed by atoms with Gasteiger partial charge in [0.1, 0.15) is 11.5 Å². The minimum atomic E-state index is -1.13. The Morgan fingerprint density at radius 1 is 0.822 bits per heavy atom. The summed E-state index contributed by atoms with van der Waals surface area (Å²) in [5.41, 5.74) is 4.79. The molecule has 11 nitrogen and oxygen atoms in total. The maximum Gasteiger partial charge on any atom is 0.338 e. The van der Waals surface area contributed by atoms with Crippen molar-refractivity contribution in [1.29, 1.82) is 0 Å². The van der Waals surface area contributed by atoms with E-state index < -0.39 is 22.9 Å². The van der Waals surface area contributed by atoms with Crippen LogP contribution in [0.1, 0.15) is 29.3 Å². The van der Waals surface area contributed by atoms with Gasteiger partial charge in [-0.25, -0.2) is 14.8 Å². The number of hydrogen-bond donors (Lipinski definition) is 1. The number of benzene rings is 4. The molecule has 1 atom stereocenters. The Kier molecular flexibility index (Phi) is 8.99. The highest BCUT2D eigenvalue weighted by Gasteiger charge is 2.24. The SMILES string of the molecule is CCC(OC(=O)c1ccc2nc(-c3ccc(OC)cc3)c(-c3ccc(OC)cc3)nc2c1)C(=O)Nc1cc([N+](=O)[O-])ccc1C. The Hall–Kier alpha value is -5.84. The zero-order valence-corrected chi connectivity index (χ0v) is 25.1. The molecule has 11 heteroatoms. The highest BCUT2D eigenvalue weighted by Crippen LogP contribution is 2.33. The third kappa shape index (κ3) is 6.72. The van der Waals surface area contributed by atoms with Crippen LogP contribution in [-0.2, 0) is 9.53 Å². The molecule has 0 saturated carbocycles. The summed E-state index contributed by atoms with van der Waals surface area (Å²) in [5, 5.41) is 13.8. The number of nitro benzene ring substituents is 1. The number of carbonyl (C=O) groups is 2. The summed E-state index contributed by atoms with van der Waals surface area (Å²) in [4.78, 5) is 46.7. The van der Waals surface area contributed by atoms with Gasteiger partial charge in [0.15, 0.2) is 6.10 Å². The normalized spacial score (nSPS) is 11.5. The van der Waals surface area contributed by atoms with Crippen molar-refractivity contribution in [2.75, 3.05) is 19.5 Å². The monoisotopic (exact) mass is 606 g/mol. The second-order valence-electron chi connectivity index (χ2n) is 10.1. The first-order chi connectivity index (χ1) is 21.7. The number of rotatable bonds is 10. The van der Waals surface area contributed by atoms with Crippen molar-refractivity contribution in [3.8, 4) is 34.0 Å². The van der Waals surface area contributed by atoms with E-state index in [1.165, 1.54) is 18.2 Å². The number of nitrogens with one attached hydrogen (secondary N) is 1. The first-order valence-electron chi connectivity index (χ1n) is 14.1. The first kappa shape index (κ1) is 30.6. The van der Waals surface area contributed by atoms with Crippen LogP contribution in [0.15, 0.2) is 84.9 Å². The zero-order valence-electron chi connectivity index (χ0n) is 25.1. The molecule has 5 rings (SSSR count). The van der Waals surface area contributed by atoms with Gasteiger partial charge in [-0.15, -0.1) is 0 Å². The van der Waals surface area contributed by atoms with Crippen molar-refractivity contribution in [2.24, 2.45) is 0 Å². The van der Waals surface area contributed by atoms with Gasteiger partial charge < -0.3 is 19.5 Å². The highest BCUT2D eigenvalue weighted by atomic mass is 16.6. The quantitative estimate of drug-likeness (QED) is 0.103. The zero-order chi connectivity index (χ0) is 32.1. The average molecular weight is 607 g/mol. The molecule has 1 aromatic heterocycles. The molecule has 228 valence electrons. The molecule has 0 bridgehead atoms. The van der Waals surface area contributed by atoms with Gasteiger partial charge in [-0.3, -0.25) is 14.9 Å². The number of carbonyl (C=O) groups excluding carboxylic acids is 2. The molecular formula is C34H30N4O7. The topological polar surface area (TPSA) is 143 Å². The van der Waals surface area contributed by atoms with Crippen molar-refractivity contribution in [2.45, 2.75) is 26.4 Å². The number of esters is 1. The van der Waals surface area contributed by atoms with E-state index in [4.69, 9.17) is 24.2 Å². The van der Waals surface area contributed by atoms with Crippen LogP contribution in [0.5, 0.6) is 11.5 Å². The summed E-state index contributed by atoms with van der Waals surface area (Å²) in [5.74, 6) is 0.0854. The number of fused-ring (bicyclic) bond motifs is 1. The number of non-ortho nitro benzene ring substituents is 1. The molecule has 1 amide bonds. The molecule has 1 heterocycles. The highest BCUT2D eigenvalue weighted by molar-refractivity contribution is 5.99. The van der Waals surface area contributed by atoms with E-state index in [9.17, 15) is 19.7 Å². The third-order valence-corrected chi connectivity index (χ3v) is 7.23. The van der Waals surface area contributed by atoms with E-state index in [1.54, 1.807) is 46.3 Å². The van der Waals surface area contributed by atoms with Gasteiger partial charge in [-0.2, -0.15) is 0 Å². The summed E-state index contributed by atoms with van der Waals surface area (Å²) >= 11 is 0. The summed E-state index contributed by atoms with van der Waals surface area (Å²) in [6.07, 6.45) is -0.948. The van der Waals surface area contributed by atoms with E-state index in [0.29, 0.717) is 39.5 Å². The summed E-state index contributed by atoms with van der Waals surface area (Å²) in [6.45, 7) is 3.41. The lowest BCUT2D eigenvalue weighted by molar-refractivity contribution is -0.384. The molecule has 1 unspecified atom stereocenters. The van der Waals surface area contributed by atoms with E-state index in [1.807, 2.05) is 48.5 Å². The molecule has 0 aliphatic rings. The van der Waals surface area contributed by atoms with Gasteiger partial charge >= 0.3 is 5.97 Å². The van der Waals surface area contributed by atoms with Crippen molar-refractivity contribution in [3.05, 3.63) is 106 Å². The fourth-order valence-electron chi connectivity index (χ4n) is 4.67. The number of amides is 1. The number of hydrogen-bond acceptors (Lipinski definition) is 9. The molecule has 0 fully saturated rings. The Bertz CT molecular complexity index is 1890. The fraction of sp³-hybridized carbons (Fsp3) is 0.176. The lowest BCUT2D eigenvalue weighted by Crippen LogP contribution is -2.32. The second kappa shape index (κ2) is 13.2. The van der Waals surface area contributed by atoms with Gasteiger partial charge in [0.25, 0.3) is 11.6 Å². The molecular weight excluding hydrogens is 576 g/mol. The summed E-state index contributed by atoms with van der Waals surface area (Å²) < 4.78 is 16.2. The van der Waals surface area contributed by atoms with Gasteiger partial charge in [0.2, 0.25) is 0 Å². The van der Waals surface area contributed by atoms with E-state index >= 15 is 0 Å². The second-order valence-corrected chi connectivity index (χ2v) is 10.1. The standard InChI is InChI=1S/C34H30N4O7/c1-5-30(33(39)37-28-19-24(38(41)42)12-6-20(28)2)45-34(40)23-11-17-27-29(18-23)36-32(22-9-15-26(44-4)16-10-22)31(35-27)21-7-13-25(43-3)14-8-21/h6-19,30H,5H2,1-4H3,(H,37,39). The van der Waals surface area contributed by atoms with Crippen LogP contribution in [0.2, 0.25) is 0 Å². The van der Waals surface area contributed by atoms with E-state index in [-0.39, 0.29) is 23.4 Å². The van der Waals surface area contributed by atoms with Crippen LogP contribution in [0.25, 0.3) is 33.5 Å². The number of aryl methyl sites for hydroxylation is 1. The first-order valence-corrected chi connectivity index (χ1v) is 14.1. The average Bonchev–Trinajstić information content (AvgIpc) is 3.07. The maximum atomic E-state index is 13.2. The van der Waals surface area contributed by atoms with Crippen LogP contribution in [0.3, 0.4) is 0 Å². The third-order valence-electron chi connectivity index (χ3n) is 7.23. The van der Waals surface area contributed by atoms with Gasteiger partial charge in [0.05, 0.1) is 52.8 Å². The molecule has 45 heavy (non-hydrogen) atoms. The van der Waals surface area contributed by atoms with Gasteiger partial charge in [-0.1, -0.05) is 13.0 Å². The predicted molar refractivity (Wildman–Crippen MR) is 169 cm³/mol. The number of methoxy groups -OCH3 is 2. The molecule has 4 aromatic carbocycles. The van der Waals surface area contributed by atoms with Gasteiger partial charge in [-0.05, 0) is 85.6 Å². The summed E-state index contributed by atoms with van der Waals surface area (Å²) in [6, 6.07) is 23.9. The van der Waals surface area contributed by atoms with Crippen LogP contribution in [0, 0.1) is 17.0 Å². The molecule has 1 N–H and O–H groups in total. The molecule has 0 aliphatic heterocycles. The van der Waals surface area contributed by atoms with Crippen LogP contribution in [-0.4, -0.2) is 47.1 Å². The maximum absolute atomic E-state index is 13.2. The molecule has 0 spiro atoms. The molecule has 0 radical (unpaired) electrons. The van der Waals surface area contributed by atoms with E-state index in [2.05, 4.69) is 5.32 Å². The number of ether oxygens (including phenoxy) is 3. The van der Waals surface area contributed by atoms with Crippen molar-refractivity contribution in [3.63, 3.8) is 0 Å². The van der Waals surface area contributed by atoms with Crippen LogP contribution in [0.4, 0.5) is 11.4 Å². The minimum Gasteiger partial charge on any atom is -0.497 e. The number of nitro groups is 1. The van der Waals surface area contributed by atoms with Crippen molar-refractivity contribution >= 4 is 34.3 Å². The molecule has 0 saturated heterocycles. The minimum absolute atomic E-state index is 0.164. The lowest BCUT2D eigenvalue weighted by atomic mass is 10.0. The lowest BCUT2D eigenvalue weighted by Gasteiger charge is -2.17. The van der Waals surface area contributed by atoms with Crippen molar-refractivity contribution in [1.82, 2.24) is 9.97 Å². The Balaban J connectivity index is 1.45. The predicted octanol–water partition coefficient (Wildman–Crippen LogP) is 6.77. The molecule has 0 aliphatic carbocycles.